The highest BCUT2D eigenvalue weighted by molar-refractivity contribution is 6.42. The Kier molecular flexibility index (Phi) is 7.49. The van der Waals surface area contributed by atoms with Crippen molar-refractivity contribution in [1.29, 1.82) is 0 Å². The van der Waals surface area contributed by atoms with Gasteiger partial charge in [-0.2, -0.15) is 0 Å². The maximum atomic E-state index is 12.7. The third-order valence-electron chi connectivity index (χ3n) is 4.03. The molecule has 4 nitrogen and oxygen atoms in total. The molecule has 1 unspecified atom stereocenters. The standard InChI is InChI=1S/C20H21Cl2NO3/c1-3-26-20(25)18(12-14-7-5-4-6-8-14)23(2)19(24)13-15-9-10-16(21)17(22)11-15/h4-11,18H,3,12-13H2,1-2H3. The molecule has 0 aliphatic rings. The molecule has 0 heterocycles. The number of halogens is 2. The van der Waals surface area contributed by atoms with E-state index in [1.165, 1.54) is 4.90 Å². The van der Waals surface area contributed by atoms with Crippen molar-refractivity contribution < 1.29 is 14.3 Å². The van der Waals surface area contributed by atoms with Gasteiger partial charge in [0.1, 0.15) is 6.04 Å². The van der Waals surface area contributed by atoms with Crippen LogP contribution in [0.4, 0.5) is 0 Å². The van der Waals surface area contributed by atoms with Crippen molar-refractivity contribution in [2.45, 2.75) is 25.8 Å². The largest absolute Gasteiger partial charge is 0.464 e. The van der Waals surface area contributed by atoms with Gasteiger partial charge in [-0.25, -0.2) is 4.79 Å². The number of nitrogens with zero attached hydrogens (tertiary/aromatic N) is 1. The quantitative estimate of drug-likeness (QED) is 0.663. The first-order valence-electron chi connectivity index (χ1n) is 8.32. The topological polar surface area (TPSA) is 46.6 Å². The molecule has 0 aromatic heterocycles. The van der Waals surface area contributed by atoms with Gasteiger partial charge in [0, 0.05) is 13.5 Å². The summed E-state index contributed by atoms with van der Waals surface area (Å²) in [6.45, 7) is 2.01. The molecule has 0 spiro atoms. The Labute approximate surface area is 163 Å². The van der Waals surface area contributed by atoms with E-state index in [1.54, 1.807) is 32.2 Å². The maximum Gasteiger partial charge on any atom is 0.329 e. The summed E-state index contributed by atoms with van der Waals surface area (Å²) in [6.07, 6.45) is 0.515. The minimum Gasteiger partial charge on any atom is -0.464 e. The van der Waals surface area contributed by atoms with E-state index in [1.807, 2.05) is 30.3 Å². The third-order valence-corrected chi connectivity index (χ3v) is 4.77. The summed E-state index contributed by atoms with van der Waals surface area (Å²) < 4.78 is 5.16. The van der Waals surface area contributed by atoms with Crippen LogP contribution in [0.5, 0.6) is 0 Å². The van der Waals surface area contributed by atoms with E-state index in [9.17, 15) is 9.59 Å². The van der Waals surface area contributed by atoms with Crippen molar-refractivity contribution in [2.24, 2.45) is 0 Å². The lowest BCUT2D eigenvalue weighted by Gasteiger charge is -2.27. The molecule has 0 radical (unpaired) electrons. The number of carbonyl (C=O) groups excluding carboxylic acids is 2. The molecule has 138 valence electrons. The predicted molar refractivity (Wildman–Crippen MR) is 104 cm³/mol. The number of benzene rings is 2. The van der Waals surface area contributed by atoms with E-state index >= 15 is 0 Å². The van der Waals surface area contributed by atoms with E-state index in [-0.39, 0.29) is 18.9 Å². The molecule has 0 bridgehead atoms. The Morgan fingerprint density at radius 3 is 2.35 bits per heavy atom. The van der Waals surface area contributed by atoms with Gasteiger partial charge in [-0.1, -0.05) is 59.6 Å². The number of hydrogen-bond donors (Lipinski definition) is 0. The third kappa shape index (κ3) is 5.48. The van der Waals surface area contributed by atoms with Crippen molar-refractivity contribution in [3.8, 4) is 0 Å². The van der Waals surface area contributed by atoms with Crippen molar-refractivity contribution in [3.05, 3.63) is 69.7 Å². The Morgan fingerprint density at radius 2 is 1.73 bits per heavy atom. The van der Waals surface area contributed by atoms with Gasteiger partial charge in [-0.15, -0.1) is 0 Å². The van der Waals surface area contributed by atoms with Crippen LogP contribution in [-0.2, 0) is 27.2 Å². The van der Waals surface area contributed by atoms with Crippen molar-refractivity contribution in [2.75, 3.05) is 13.7 Å². The maximum absolute atomic E-state index is 12.7. The van der Waals surface area contributed by atoms with Gasteiger partial charge < -0.3 is 9.64 Å². The van der Waals surface area contributed by atoms with E-state index < -0.39 is 12.0 Å². The fourth-order valence-corrected chi connectivity index (χ4v) is 2.90. The van der Waals surface area contributed by atoms with Crippen LogP contribution in [0.1, 0.15) is 18.1 Å². The number of hydrogen-bond acceptors (Lipinski definition) is 3. The molecule has 26 heavy (non-hydrogen) atoms. The Morgan fingerprint density at radius 1 is 1.04 bits per heavy atom. The summed E-state index contributed by atoms with van der Waals surface area (Å²) in [4.78, 5) is 26.5. The van der Waals surface area contributed by atoms with Crippen LogP contribution in [0, 0.1) is 0 Å². The lowest BCUT2D eigenvalue weighted by atomic mass is 10.0. The first-order valence-corrected chi connectivity index (χ1v) is 9.08. The molecular weight excluding hydrogens is 373 g/mol. The smallest absolute Gasteiger partial charge is 0.329 e. The number of likely N-dealkylation sites (N-methyl/N-ethyl adjacent to an activating group) is 1. The van der Waals surface area contributed by atoms with E-state index in [2.05, 4.69) is 0 Å². The fourth-order valence-electron chi connectivity index (χ4n) is 2.58. The number of rotatable bonds is 7. The summed E-state index contributed by atoms with van der Waals surface area (Å²) in [6, 6.07) is 13.9. The second kappa shape index (κ2) is 9.60. The minimum atomic E-state index is -0.687. The van der Waals surface area contributed by atoms with E-state index in [4.69, 9.17) is 27.9 Å². The Bertz CT molecular complexity index is 765. The lowest BCUT2D eigenvalue weighted by Crippen LogP contribution is -2.45. The lowest BCUT2D eigenvalue weighted by molar-refractivity contribution is -0.153. The summed E-state index contributed by atoms with van der Waals surface area (Å²) in [5.41, 5.74) is 1.69. The highest BCUT2D eigenvalue weighted by atomic mass is 35.5. The normalized spacial score (nSPS) is 11.7. The van der Waals surface area contributed by atoms with Gasteiger partial charge >= 0.3 is 5.97 Å². The van der Waals surface area contributed by atoms with Gasteiger partial charge in [0.15, 0.2) is 0 Å². The molecule has 1 amide bonds. The molecular formula is C20H21Cl2NO3. The Balaban J connectivity index is 2.15. The zero-order chi connectivity index (χ0) is 19.1. The monoisotopic (exact) mass is 393 g/mol. The summed E-state index contributed by atoms with van der Waals surface area (Å²) in [5, 5.41) is 0.829. The van der Waals surface area contributed by atoms with Gasteiger partial charge in [0.25, 0.3) is 0 Å². The van der Waals surface area contributed by atoms with Gasteiger partial charge in [-0.05, 0) is 30.2 Å². The molecule has 2 aromatic rings. The molecule has 0 fully saturated rings. The molecule has 0 saturated heterocycles. The van der Waals surface area contributed by atoms with E-state index in [0.29, 0.717) is 16.5 Å². The molecule has 2 rings (SSSR count). The SMILES string of the molecule is CCOC(=O)C(Cc1ccccc1)N(C)C(=O)Cc1ccc(Cl)c(Cl)c1. The zero-order valence-electron chi connectivity index (χ0n) is 14.7. The summed E-state index contributed by atoms with van der Waals surface area (Å²) in [5.74, 6) is -0.612. The number of amides is 1. The number of esters is 1. The van der Waals surface area contributed by atoms with Crippen LogP contribution in [0.15, 0.2) is 48.5 Å². The predicted octanol–water partition coefficient (Wildman–Crippen LogP) is 4.17. The van der Waals surface area contributed by atoms with Crippen molar-refractivity contribution >= 4 is 35.1 Å². The molecule has 0 N–H and O–H groups in total. The van der Waals surface area contributed by atoms with Crippen LogP contribution < -0.4 is 0 Å². The Hall–Kier alpha value is -2.04. The van der Waals surface area contributed by atoms with Crippen LogP contribution >= 0.6 is 23.2 Å². The van der Waals surface area contributed by atoms with E-state index in [0.717, 1.165) is 11.1 Å². The average molecular weight is 394 g/mol. The van der Waals surface area contributed by atoms with Crippen molar-refractivity contribution in [1.82, 2.24) is 4.90 Å². The first-order chi connectivity index (χ1) is 12.4. The van der Waals surface area contributed by atoms with Crippen LogP contribution in [0.25, 0.3) is 0 Å². The summed E-state index contributed by atoms with van der Waals surface area (Å²) in [7, 11) is 1.62. The number of carbonyl (C=O) groups is 2. The van der Waals surface area contributed by atoms with Crippen LogP contribution in [0.3, 0.4) is 0 Å². The summed E-state index contributed by atoms with van der Waals surface area (Å²) >= 11 is 11.9. The molecule has 1 atom stereocenters. The number of ether oxygens (including phenoxy) is 1. The second-order valence-corrected chi connectivity index (χ2v) is 6.70. The highest BCUT2D eigenvalue weighted by Gasteiger charge is 2.28. The minimum absolute atomic E-state index is 0.123. The second-order valence-electron chi connectivity index (χ2n) is 5.89. The zero-order valence-corrected chi connectivity index (χ0v) is 16.3. The molecule has 0 aliphatic heterocycles. The molecule has 2 aromatic carbocycles. The highest BCUT2D eigenvalue weighted by Crippen LogP contribution is 2.23. The van der Waals surface area contributed by atoms with Crippen molar-refractivity contribution in [3.63, 3.8) is 0 Å². The average Bonchev–Trinajstić information content (AvgIpc) is 2.63. The van der Waals surface area contributed by atoms with Crippen LogP contribution in [-0.4, -0.2) is 36.5 Å². The van der Waals surface area contributed by atoms with Gasteiger partial charge in [0.05, 0.1) is 23.1 Å². The van der Waals surface area contributed by atoms with Crippen LogP contribution in [0.2, 0.25) is 10.0 Å². The van der Waals surface area contributed by atoms with Gasteiger partial charge in [0.2, 0.25) is 5.91 Å². The fraction of sp³-hybridized carbons (Fsp3) is 0.300. The first kappa shape index (κ1) is 20.3. The molecule has 0 aliphatic carbocycles. The molecule has 6 heteroatoms. The van der Waals surface area contributed by atoms with Gasteiger partial charge in [-0.3, -0.25) is 4.79 Å². The molecule has 0 saturated carbocycles.